The maximum Gasteiger partial charge on any atom is 0.251 e. The second kappa shape index (κ2) is 8.11. The van der Waals surface area contributed by atoms with Crippen LogP contribution in [0.2, 0.25) is 0 Å². The van der Waals surface area contributed by atoms with Gasteiger partial charge in [-0.05, 0) is 81.0 Å². The fraction of sp³-hybridized carbons (Fsp3) is 0.417. The van der Waals surface area contributed by atoms with E-state index in [2.05, 4.69) is 10.6 Å². The number of aryl methyl sites for hydroxylation is 2. The van der Waals surface area contributed by atoms with Crippen LogP contribution < -0.4 is 10.6 Å². The zero-order valence-electron chi connectivity index (χ0n) is 17.9. The van der Waals surface area contributed by atoms with E-state index in [9.17, 15) is 18.0 Å². The number of carbonyl (C=O) groups excluding carboxylic acids is 2. The van der Waals surface area contributed by atoms with Crippen LogP contribution in [-0.4, -0.2) is 31.0 Å². The molecule has 2 N–H and O–H groups in total. The Kier molecular flexibility index (Phi) is 5.64. The van der Waals surface area contributed by atoms with Gasteiger partial charge in [0.1, 0.15) is 0 Å². The highest BCUT2D eigenvalue weighted by molar-refractivity contribution is 7.93. The van der Waals surface area contributed by atoms with Crippen molar-refractivity contribution >= 4 is 27.3 Å². The minimum atomic E-state index is -3.88. The Morgan fingerprint density at radius 3 is 2.23 bits per heavy atom. The van der Waals surface area contributed by atoms with Gasteiger partial charge in [0.05, 0.1) is 4.90 Å². The Balaban J connectivity index is 1.58. The third-order valence-corrected chi connectivity index (χ3v) is 8.93. The Morgan fingerprint density at radius 2 is 1.61 bits per heavy atom. The van der Waals surface area contributed by atoms with Gasteiger partial charge >= 0.3 is 0 Å². The zero-order valence-corrected chi connectivity index (χ0v) is 18.7. The van der Waals surface area contributed by atoms with Crippen molar-refractivity contribution in [3.63, 3.8) is 0 Å². The topological polar surface area (TPSA) is 92.3 Å². The standard InChI is InChI=1S/C24H28N2O4S/c1-16-5-6-17(2)21(15-16)31(29,30)24(13-3-4-14-24)23(28)26-20-9-7-18(8-10-20)22(27)25-19-11-12-19/h5-10,15,19H,3-4,11-14H2,1-2H3,(H,25,27)(H,26,28). The van der Waals surface area contributed by atoms with Crippen LogP contribution in [-0.2, 0) is 14.6 Å². The lowest BCUT2D eigenvalue weighted by molar-refractivity contribution is -0.118. The summed E-state index contributed by atoms with van der Waals surface area (Å²) in [6.07, 6.45) is 4.01. The average molecular weight is 441 g/mol. The molecule has 164 valence electrons. The molecule has 0 atom stereocenters. The first-order valence-corrected chi connectivity index (χ1v) is 12.3. The SMILES string of the molecule is Cc1ccc(C)c(S(=O)(=O)C2(C(=O)Nc3ccc(C(=O)NC4CC4)cc3)CCCC2)c1. The van der Waals surface area contributed by atoms with Gasteiger partial charge in [0.25, 0.3) is 5.91 Å². The van der Waals surface area contributed by atoms with Gasteiger partial charge in [-0.1, -0.05) is 25.0 Å². The number of anilines is 1. The minimum Gasteiger partial charge on any atom is -0.349 e. The Labute approximate surface area is 183 Å². The van der Waals surface area contributed by atoms with Crippen molar-refractivity contribution in [3.05, 3.63) is 59.2 Å². The lowest BCUT2D eigenvalue weighted by Crippen LogP contribution is -2.47. The first-order valence-electron chi connectivity index (χ1n) is 10.8. The molecule has 2 amide bonds. The maximum atomic E-state index is 13.7. The maximum absolute atomic E-state index is 13.7. The van der Waals surface area contributed by atoms with Gasteiger partial charge in [0.15, 0.2) is 14.6 Å². The van der Waals surface area contributed by atoms with E-state index in [1.165, 1.54) is 0 Å². The van der Waals surface area contributed by atoms with Gasteiger partial charge in [0.2, 0.25) is 5.91 Å². The molecule has 0 saturated heterocycles. The molecule has 2 saturated carbocycles. The van der Waals surface area contributed by atoms with Crippen molar-refractivity contribution in [3.8, 4) is 0 Å². The summed E-state index contributed by atoms with van der Waals surface area (Å²) in [5.74, 6) is -0.633. The fourth-order valence-corrected chi connectivity index (χ4v) is 6.59. The van der Waals surface area contributed by atoms with Gasteiger partial charge in [-0.3, -0.25) is 9.59 Å². The van der Waals surface area contributed by atoms with Crippen molar-refractivity contribution in [2.75, 3.05) is 5.32 Å². The van der Waals surface area contributed by atoms with Crippen LogP contribution in [0.1, 0.15) is 60.0 Å². The van der Waals surface area contributed by atoms with E-state index in [4.69, 9.17) is 0 Å². The molecule has 0 aliphatic heterocycles. The van der Waals surface area contributed by atoms with E-state index in [-0.39, 0.29) is 16.8 Å². The Morgan fingerprint density at radius 1 is 0.968 bits per heavy atom. The highest BCUT2D eigenvalue weighted by Crippen LogP contribution is 2.42. The molecule has 4 rings (SSSR count). The highest BCUT2D eigenvalue weighted by atomic mass is 32.2. The van der Waals surface area contributed by atoms with Gasteiger partial charge in [0, 0.05) is 17.3 Å². The predicted octanol–water partition coefficient (Wildman–Crippen LogP) is 3.92. The van der Waals surface area contributed by atoms with Crippen LogP contribution in [0.25, 0.3) is 0 Å². The molecule has 0 radical (unpaired) electrons. The second-order valence-electron chi connectivity index (χ2n) is 8.75. The largest absolute Gasteiger partial charge is 0.349 e. The van der Waals surface area contributed by atoms with Crippen LogP contribution in [0.15, 0.2) is 47.4 Å². The minimum absolute atomic E-state index is 0.134. The van der Waals surface area contributed by atoms with Crippen molar-refractivity contribution in [1.82, 2.24) is 5.32 Å². The summed E-state index contributed by atoms with van der Waals surface area (Å²) in [6.45, 7) is 3.61. The molecule has 31 heavy (non-hydrogen) atoms. The summed E-state index contributed by atoms with van der Waals surface area (Å²) in [5, 5.41) is 5.73. The number of nitrogens with one attached hydrogen (secondary N) is 2. The molecule has 0 heterocycles. The predicted molar refractivity (Wildman–Crippen MR) is 120 cm³/mol. The molecular weight excluding hydrogens is 412 g/mol. The molecule has 2 aromatic rings. The molecule has 7 heteroatoms. The molecule has 0 unspecified atom stereocenters. The van der Waals surface area contributed by atoms with E-state index in [0.717, 1.165) is 18.4 Å². The first-order chi connectivity index (χ1) is 14.7. The normalized spacial score (nSPS) is 17.9. The molecule has 2 aliphatic carbocycles. The van der Waals surface area contributed by atoms with Gasteiger partial charge in [-0.2, -0.15) is 0 Å². The molecule has 2 aliphatic rings. The summed E-state index contributed by atoms with van der Waals surface area (Å²) < 4.78 is 25.9. The van der Waals surface area contributed by atoms with Crippen LogP contribution in [0, 0.1) is 13.8 Å². The summed E-state index contributed by atoms with van der Waals surface area (Å²) in [4.78, 5) is 25.7. The van der Waals surface area contributed by atoms with Gasteiger partial charge in [-0.15, -0.1) is 0 Å². The number of sulfone groups is 1. The number of amides is 2. The van der Waals surface area contributed by atoms with E-state index in [0.29, 0.717) is 42.5 Å². The van der Waals surface area contributed by atoms with Crippen LogP contribution >= 0.6 is 0 Å². The fourth-order valence-electron chi connectivity index (χ4n) is 4.22. The molecule has 2 fully saturated rings. The van der Waals surface area contributed by atoms with Crippen molar-refractivity contribution in [2.24, 2.45) is 0 Å². The third-order valence-electron chi connectivity index (χ3n) is 6.29. The average Bonchev–Trinajstić information content (AvgIpc) is 3.40. The summed E-state index contributed by atoms with van der Waals surface area (Å²) in [6, 6.07) is 12.2. The van der Waals surface area contributed by atoms with Crippen molar-refractivity contribution in [1.29, 1.82) is 0 Å². The second-order valence-corrected chi connectivity index (χ2v) is 11.0. The summed E-state index contributed by atoms with van der Waals surface area (Å²) in [7, 11) is -3.88. The molecular formula is C24H28N2O4S. The molecule has 0 spiro atoms. The first kappa shape index (κ1) is 21.6. The number of carbonyl (C=O) groups is 2. The Bertz CT molecular complexity index is 1110. The van der Waals surface area contributed by atoms with Crippen LogP contribution in [0.4, 0.5) is 5.69 Å². The number of hydrogen-bond donors (Lipinski definition) is 2. The number of rotatable bonds is 6. The number of benzene rings is 2. The molecule has 6 nitrogen and oxygen atoms in total. The quantitative estimate of drug-likeness (QED) is 0.712. The van der Waals surface area contributed by atoms with Crippen LogP contribution in [0.5, 0.6) is 0 Å². The smallest absolute Gasteiger partial charge is 0.251 e. The van der Waals surface area contributed by atoms with Crippen molar-refractivity contribution in [2.45, 2.75) is 68.1 Å². The van der Waals surface area contributed by atoms with Crippen molar-refractivity contribution < 1.29 is 18.0 Å². The van der Waals surface area contributed by atoms with E-state index in [1.54, 1.807) is 43.3 Å². The van der Waals surface area contributed by atoms with E-state index >= 15 is 0 Å². The lowest BCUT2D eigenvalue weighted by Gasteiger charge is -2.28. The lowest BCUT2D eigenvalue weighted by atomic mass is 10.1. The van der Waals surface area contributed by atoms with E-state index in [1.807, 2.05) is 13.0 Å². The molecule has 0 aromatic heterocycles. The number of hydrogen-bond acceptors (Lipinski definition) is 4. The zero-order chi connectivity index (χ0) is 22.2. The monoisotopic (exact) mass is 440 g/mol. The van der Waals surface area contributed by atoms with Crippen LogP contribution in [0.3, 0.4) is 0 Å². The van der Waals surface area contributed by atoms with E-state index < -0.39 is 20.5 Å². The third kappa shape index (κ3) is 4.11. The Hall–Kier alpha value is -2.67. The van der Waals surface area contributed by atoms with Gasteiger partial charge < -0.3 is 10.6 Å². The molecule has 2 aromatic carbocycles. The molecule has 0 bridgehead atoms. The summed E-state index contributed by atoms with van der Waals surface area (Å²) >= 11 is 0. The highest BCUT2D eigenvalue weighted by Gasteiger charge is 2.53. The summed E-state index contributed by atoms with van der Waals surface area (Å²) in [5.41, 5.74) is 2.49. The van der Waals surface area contributed by atoms with Gasteiger partial charge in [-0.25, -0.2) is 8.42 Å².